The molecule has 2 aromatic carbocycles. The van der Waals surface area contributed by atoms with E-state index in [2.05, 4.69) is 29.3 Å². The third kappa shape index (κ3) is 17.1. The van der Waals surface area contributed by atoms with Crippen molar-refractivity contribution in [2.24, 2.45) is 10.2 Å². The number of phenolic OH excluding ortho intramolecular Hbond substituents is 1. The highest BCUT2D eigenvalue weighted by Crippen LogP contribution is 2.21. The van der Waals surface area contributed by atoms with Gasteiger partial charge in [0, 0.05) is 0 Å². The number of hydrogen-bond donors (Lipinski definition) is 1. The van der Waals surface area contributed by atoms with Crippen LogP contribution in [0.15, 0.2) is 58.8 Å². The van der Waals surface area contributed by atoms with E-state index in [-0.39, 0.29) is 5.75 Å². The van der Waals surface area contributed by atoms with E-state index in [1.54, 1.807) is 24.3 Å². The van der Waals surface area contributed by atoms with Gasteiger partial charge in [-0.25, -0.2) is 0 Å². The largest absolute Gasteiger partial charge is 0.508 e. The molecule has 2 aromatic rings. The first-order valence-electron chi connectivity index (χ1n) is 15.6. The van der Waals surface area contributed by atoms with Gasteiger partial charge in [-0.15, -0.1) is 0 Å². The van der Waals surface area contributed by atoms with E-state index >= 15 is 0 Å². The number of aryl methyl sites for hydroxylation is 1. The molecule has 206 valence electrons. The Kier molecular flexibility index (Phi) is 18.4. The zero-order chi connectivity index (χ0) is 26.2. The summed E-state index contributed by atoms with van der Waals surface area (Å²) in [5.41, 5.74) is 2.98. The van der Waals surface area contributed by atoms with Gasteiger partial charge in [0.05, 0.1) is 11.4 Å². The standard InChI is InChI=1S/C34H54N2O/c1-2-3-4-5-6-7-8-9-10-11-12-13-14-15-16-17-18-19-20-21-22-31-23-25-32(26-24-31)35-36-33-27-29-34(37)30-28-33/h23-30,37H,2-22H2,1H3/b36-35+. The molecular formula is C34H54N2O. The topological polar surface area (TPSA) is 45.0 Å². The van der Waals surface area contributed by atoms with Gasteiger partial charge in [0.25, 0.3) is 0 Å². The number of rotatable bonds is 23. The molecule has 0 aliphatic carbocycles. The third-order valence-corrected chi connectivity index (χ3v) is 7.39. The lowest BCUT2D eigenvalue weighted by Crippen LogP contribution is -1.86. The van der Waals surface area contributed by atoms with Crippen LogP contribution in [0.3, 0.4) is 0 Å². The zero-order valence-corrected chi connectivity index (χ0v) is 23.8. The van der Waals surface area contributed by atoms with Crippen molar-refractivity contribution in [1.29, 1.82) is 0 Å². The van der Waals surface area contributed by atoms with Crippen LogP contribution in [0.25, 0.3) is 0 Å². The molecule has 0 saturated carbocycles. The lowest BCUT2D eigenvalue weighted by molar-refractivity contribution is 0.475. The first-order chi connectivity index (χ1) is 18.3. The van der Waals surface area contributed by atoms with Crippen molar-refractivity contribution in [2.45, 2.75) is 142 Å². The summed E-state index contributed by atoms with van der Waals surface area (Å²) in [6.45, 7) is 2.30. The van der Waals surface area contributed by atoms with Crippen LogP contribution in [-0.2, 0) is 6.42 Å². The summed E-state index contributed by atoms with van der Waals surface area (Å²) in [5.74, 6) is 0.244. The molecule has 0 aliphatic heterocycles. The molecule has 3 nitrogen and oxygen atoms in total. The maximum atomic E-state index is 9.33. The van der Waals surface area contributed by atoms with Crippen molar-refractivity contribution < 1.29 is 5.11 Å². The maximum Gasteiger partial charge on any atom is 0.115 e. The molecule has 0 amide bonds. The number of nitrogens with zero attached hydrogens (tertiary/aromatic N) is 2. The summed E-state index contributed by atoms with van der Waals surface area (Å²) in [4.78, 5) is 0. The van der Waals surface area contributed by atoms with Crippen molar-refractivity contribution in [3.8, 4) is 5.75 Å². The summed E-state index contributed by atoms with van der Waals surface area (Å²) >= 11 is 0. The lowest BCUT2D eigenvalue weighted by atomic mass is 10.0. The van der Waals surface area contributed by atoms with E-state index in [0.717, 1.165) is 17.8 Å². The van der Waals surface area contributed by atoms with Gasteiger partial charge in [-0.1, -0.05) is 141 Å². The Bertz CT molecular complexity index is 798. The first kappa shape index (κ1) is 31.1. The second-order valence-electron chi connectivity index (χ2n) is 10.9. The molecule has 0 fully saturated rings. The van der Waals surface area contributed by atoms with Crippen LogP contribution in [0, 0.1) is 0 Å². The molecule has 0 unspecified atom stereocenters. The molecule has 0 aliphatic rings. The smallest absolute Gasteiger partial charge is 0.115 e. The SMILES string of the molecule is CCCCCCCCCCCCCCCCCCCCCCc1ccc(/N=N/c2ccc(O)cc2)cc1. The number of aromatic hydroxyl groups is 1. The second-order valence-corrected chi connectivity index (χ2v) is 10.9. The molecule has 3 heteroatoms. The molecule has 0 bridgehead atoms. The van der Waals surface area contributed by atoms with Gasteiger partial charge in [-0.3, -0.25) is 0 Å². The van der Waals surface area contributed by atoms with Crippen LogP contribution in [-0.4, -0.2) is 5.11 Å². The van der Waals surface area contributed by atoms with Crippen molar-refractivity contribution in [3.63, 3.8) is 0 Å². The molecular weight excluding hydrogens is 452 g/mol. The van der Waals surface area contributed by atoms with E-state index in [4.69, 9.17) is 0 Å². The summed E-state index contributed by atoms with van der Waals surface area (Å²) in [7, 11) is 0. The summed E-state index contributed by atoms with van der Waals surface area (Å²) in [5, 5.41) is 17.8. The number of phenols is 1. The molecule has 1 N–H and O–H groups in total. The van der Waals surface area contributed by atoms with Crippen molar-refractivity contribution in [1.82, 2.24) is 0 Å². The van der Waals surface area contributed by atoms with Gasteiger partial charge < -0.3 is 5.11 Å². The van der Waals surface area contributed by atoms with Crippen LogP contribution in [0.4, 0.5) is 11.4 Å². The minimum Gasteiger partial charge on any atom is -0.508 e. The predicted octanol–water partition coefficient (Wildman–Crippen LogP) is 12.2. The number of azo groups is 1. The monoisotopic (exact) mass is 506 g/mol. The summed E-state index contributed by atoms with van der Waals surface area (Å²) in [6, 6.07) is 15.2. The average molecular weight is 507 g/mol. The Morgan fingerprint density at radius 3 is 1.14 bits per heavy atom. The molecule has 0 saturated heterocycles. The predicted molar refractivity (Wildman–Crippen MR) is 160 cm³/mol. The van der Waals surface area contributed by atoms with E-state index in [0.29, 0.717) is 0 Å². The summed E-state index contributed by atoms with van der Waals surface area (Å²) in [6.07, 6.45) is 29.6. The quantitative estimate of drug-likeness (QED) is 0.118. The van der Waals surface area contributed by atoms with Gasteiger partial charge >= 0.3 is 0 Å². The van der Waals surface area contributed by atoms with Gasteiger partial charge in [0.15, 0.2) is 0 Å². The Morgan fingerprint density at radius 1 is 0.432 bits per heavy atom. The molecule has 0 heterocycles. The summed E-state index contributed by atoms with van der Waals surface area (Å²) < 4.78 is 0. The highest BCUT2D eigenvalue weighted by Gasteiger charge is 1.98. The van der Waals surface area contributed by atoms with Crippen LogP contribution in [0.1, 0.15) is 141 Å². The van der Waals surface area contributed by atoms with E-state index in [1.165, 1.54) is 134 Å². The maximum absolute atomic E-state index is 9.33. The van der Waals surface area contributed by atoms with E-state index in [9.17, 15) is 5.11 Å². The van der Waals surface area contributed by atoms with Gasteiger partial charge in [0.2, 0.25) is 0 Å². The van der Waals surface area contributed by atoms with Crippen molar-refractivity contribution in [2.75, 3.05) is 0 Å². The fraction of sp³-hybridized carbons (Fsp3) is 0.647. The highest BCUT2D eigenvalue weighted by atomic mass is 16.3. The molecule has 37 heavy (non-hydrogen) atoms. The second kappa shape index (κ2) is 21.9. The van der Waals surface area contributed by atoms with Gasteiger partial charge in [-0.05, 0) is 54.8 Å². The van der Waals surface area contributed by atoms with Crippen LogP contribution < -0.4 is 0 Å². The average Bonchev–Trinajstić information content (AvgIpc) is 2.92. The third-order valence-electron chi connectivity index (χ3n) is 7.39. The molecule has 2 rings (SSSR count). The van der Waals surface area contributed by atoms with Crippen LogP contribution in [0.2, 0.25) is 0 Å². The Balaban J connectivity index is 1.33. The Hall–Kier alpha value is -2.16. The lowest BCUT2D eigenvalue weighted by Gasteiger charge is -2.04. The number of unbranched alkanes of at least 4 members (excludes halogenated alkanes) is 19. The molecule has 0 aromatic heterocycles. The first-order valence-corrected chi connectivity index (χ1v) is 15.6. The number of hydrogen-bond acceptors (Lipinski definition) is 3. The minimum atomic E-state index is 0.244. The van der Waals surface area contributed by atoms with Gasteiger partial charge in [0.1, 0.15) is 5.75 Å². The number of benzene rings is 2. The van der Waals surface area contributed by atoms with Crippen LogP contribution >= 0.6 is 0 Å². The van der Waals surface area contributed by atoms with Crippen molar-refractivity contribution in [3.05, 3.63) is 54.1 Å². The molecule has 0 radical (unpaired) electrons. The Labute approximate surface area is 228 Å². The molecule has 0 spiro atoms. The minimum absolute atomic E-state index is 0.244. The van der Waals surface area contributed by atoms with Gasteiger partial charge in [-0.2, -0.15) is 10.2 Å². The van der Waals surface area contributed by atoms with E-state index in [1.807, 2.05) is 12.1 Å². The Morgan fingerprint density at radius 2 is 0.757 bits per heavy atom. The fourth-order valence-electron chi connectivity index (χ4n) is 4.95. The normalized spacial score (nSPS) is 11.5. The zero-order valence-electron chi connectivity index (χ0n) is 23.8. The highest BCUT2D eigenvalue weighted by molar-refractivity contribution is 5.42. The van der Waals surface area contributed by atoms with E-state index < -0.39 is 0 Å². The molecule has 0 atom stereocenters. The van der Waals surface area contributed by atoms with Crippen molar-refractivity contribution >= 4 is 11.4 Å². The van der Waals surface area contributed by atoms with Crippen LogP contribution in [0.5, 0.6) is 5.75 Å². The fourth-order valence-corrected chi connectivity index (χ4v) is 4.95.